The van der Waals surface area contributed by atoms with Crippen LogP contribution >= 0.6 is 0 Å². The zero-order chi connectivity index (χ0) is 27.2. The molecule has 3 N–H and O–H groups in total. The summed E-state index contributed by atoms with van der Waals surface area (Å²) in [6.45, 7) is 8.80. The van der Waals surface area contributed by atoms with Crippen molar-refractivity contribution in [1.29, 1.82) is 0 Å². The first kappa shape index (κ1) is 26.6. The minimum absolute atomic E-state index is 0.0544. The van der Waals surface area contributed by atoms with Gasteiger partial charge in [0.05, 0.1) is 6.54 Å². The molecule has 0 amide bonds. The van der Waals surface area contributed by atoms with Crippen LogP contribution in [0.25, 0.3) is 11.4 Å². The summed E-state index contributed by atoms with van der Waals surface area (Å²) in [5.41, 5.74) is 7.03. The number of benzene rings is 2. The Hall–Kier alpha value is -2.95. The number of piperidine rings is 1. The summed E-state index contributed by atoms with van der Waals surface area (Å²) in [7, 11) is 0. The average molecular weight is 529 g/mol. The fourth-order valence-electron chi connectivity index (χ4n) is 5.67. The average Bonchev–Trinajstić information content (AvgIpc) is 3.38. The minimum Gasteiger partial charge on any atom is -0.374 e. The largest absolute Gasteiger partial charge is 0.401 e. The molecule has 0 radical (unpaired) electrons. The van der Waals surface area contributed by atoms with Gasteiger partial charge in [-0.2, -0.15) is 18.2 Å². The Balaban J connectivity index is 1.34. The molecule has 2 aliphatic heterocycles. The number of aryl methyl sites for hydroxylation is 3. The van der Waals surface area contributed by atoms with Crippen molar-refractivity contribution in [2.75, 3.05) is 25.0 Å². The van der Waals surface area contributed by atoms with Gasteiger partial charge in [-0.1, -0.05) is 18.2 Å². The lowest BCUT2D eigenvalue weighted by molar-refractivity contribution is -0.147. The Morgan fingerprint density at radius 1 is 1.08 bits per heavy atom. The normalized spacial score (nSPS) is 20.6. The number of halogens is 3. The van der Waals surface area contributed by atoms with Crippen molar-refractivity contribution in [3.8, 4) is 11.4 Å². The Kier molecular flexibility index (Phi) is 7.23. The van der Waals surface area contributed by atoms with Crippen LogP contribution in [0.5, 0.6) is 0 Å². The maximum Gasteiger partial charge on any atom is 0.401 e. The molecule has 5 rings (SSSR count). The third-order valence-corrected chi connectivity index (χ3v) is 7.77. The third-order valence-electron chi connectivity index (χ3n) is 7.77. The van der Waals surface area contributed by atoms with E-state index in [-0.39, 0.29) is 12.0 Å². The molecule has 1 aromatic heterocycles. The third kappa shape index (κ3) is 5.43. The number of nitrogens with zero attached hydrogens (tertiary/aromatic N) is 4. The summed E-state index contributed by atoms with van der Waals surface area (Å²) < 4.78 is 40.0. The van der Waals surface area contributed by atoms with Gasteiger partial charge in [-0.25, -0.2) is 4.68 Å². The quantitative estimate of drug-likeness (QED) is 0.380. The van der Waals surface area contributed by atoms with E-state index in [1.165, 1.54) is 4.90 Å². The molecular formula is C28H35F3N6O. The van der Waals surface area contributed by atoms with Gasteiger partial charge in [0.25, 0.3) is 0 Å². The van der Waals surface area contributed by atoms with Crippen LogP contribution < -0.4 is 10.6 Å². The van der Waals surface area contributed by atoms with Crippen molar-refractivity contribution < 1.29 is 18.3 Å². The van der Waals surface area contributed by atoms with Crippen LogP contribution in [0.1, 0.15) is 72.7 Å². The van der Waals surface area contributed by atoms with Crippen LogP contribution in [0, 0.1) is 13.8 Å². The fraction of sp³-hybridized carbons (Fsp3) is 0.500. The molecule has 0 saturated carbocycles. The van der Waals surface area contributed by atoms with Gasteiger partial charge in [0, 0.05) is 29.4 Å². The van der Waals surface area contributed by atoms with Crippen molar-refractivity contribution in [2.45, 2.75) is 71.4 Å². The first-order chi connectivity index (χ1) is 18.0. The van der Waals surface area contributed by atoms with E-state index in [9.17, 15) is 18.3 Å². The molecule has 2 aromatic carbocycles. The van der Waals surface area contributed by atoms with Crippen molar-refractivity contribution in [3.63, 3.8) is 0 Å². The molecule has 1 saturated heterocycles. The molecule has 204 valence electrons. The molecular weight excluding hydrogens is 493 g/mol. The molecule has 1 fully saturated rings. The Morgan fingerprint density at radius 3 is 2.47 bits per heavy atom. The molecule has 38 heavy (non-hydrogen) atoms. The standard InChI is InChI=1S/C28H35F3N6O/c1-5-37-27(33-24-14-22-18(4)32-26(38)23(22)13-17(24)3)34-25(35-37)21-7-6-20(12-16(21)2)19-8-10-36(11-9-19)15-28(29,30)31/h6-7,12-14,18-19,26,32,38H,5,8-11,15H2,1-4H3,(H,33,34,35). The second kappa shape index (κ2) is 10.3. The highest BCUT2D eigenvalue weighted by Crippen LogP contribution is 2.37. The second-order valence-corrected chi connectivity index (χ2v) is 10.5. The van der Waals surface area contributed by atoms with Gasteiger partial charge in [-0.05, 0) is 93.9 Å². The number of likely N-dealkylation sites (tertiary alicyclic amines) is 1. The van der Waals surface area contributed by atoms with E-state index in [0.717, 1.165) is 51.9 Å². The number of aliphatic hydroxyl groups is 1. The Morgan fingerprint density at radius 2 is 1.82 bits per heavy atom. The van der Waals surface area contributed by atoms with Crippen LogP contribution in [0.4, 0.5) is 24.8 Å². The maximum absolute atomic E-state index is 12.7. The molecule has 0 spiro atoms. The number of fused-ring (bicyclic) bond motifs is 1. The monoisotopic (exact) mass is 528 g/mol. The number of alkyl halides is 3. The van der Waals surface area contributed by atoms with E-state index in [1.807, 2.05) is 44.5 Å². The second-order valence-electron chi connectivity index (χ2n) is 10.5. The van der Waals surface area contributed by atoms with E-state index in [0.29, 0.717) is 31.4 Å². The van der Waals surface area contributed by atoms with Gasteiger partial charge < -0.3 is 10.4 Å². The SMILES string of the molecule is CCn1nc(-c2ccc(C3CCN(CC(F)(F)F)CC3)cc2C)nc1Nc1cc2c(cc1C)C(O)NC2C. The van der Waals surface area contributed by atoms with E-state index in [2.05, 4.69) is 28.8 Å². The van der Waals surface area contributed by atoms with Crippen molar-refractivity contribution in [2.24, 2.45) is 0 Å². The van der Waals surface area contributed by atoms with Gasteiger partial charge >= 0.3 is 6.18 Å². The molecule has 2 unspecified atom stereocenters. The number of hydrogen-bond acceptors (Lipinski definition) is 6. The molecule has 0 aliphatic carbocycles. The topological polar surface area (TPSA) is 78.2 Å². The zero-order valence-electron chi connectivity index (χ0n) is 22.2. The van der Waals surface area contributed by atoms with E-state index in [4.69, 9.17) is 10.1 Å². The highest BCUT2D eigenvalue weighted by atomic mass is 19.4. The van der Waals surface area contributed by atoms with E-state index >= 15 is 0 Å². The van der Waals surface area contributed by atoms with Crippen molar-refractivity contribution in [1.82, 2.24) is 25.0 Å². The predicted octanol–water partition coefficient (Wildman–Crippen LogP) is 5.72. The highest BCUT2D eigenvalue weighted by molar-refractivity contribution is 5.66. The highest BCUT2D eigenvalue weighted by Gasteiger charge is 2.33. The molecule has 3 heterocycles. The van der Waals surface area contributed by atoms with E-state index < -0.39 is 18.9 Å². The van der Waals surface area contributed by atoms with Crippen LogP contribution in [-0.2, 0) is 6.54 Å². The predicted molar refractivity (Wildman–Crippen MR) is 141 cm³/mol. The Labute approximate surface area is 221 Å². The van der Waals surface area contributed by atoms with Gasteiger partial charge in [0.2, 0.25) is 5.95 Å². The fourth-order valence-corrected chi connectivity index (χ4v) is 5.67. The summed E-state index contributed by atoms with van der Waals surface area (Å²) in [5, 5.41) is 21.6. The summed E-state index contributed by atoms with van der Waals surface area (Å²) in [6, 6.07) is 10.3. The molecule has 0 bridgehead atoms. The molecule has 2 atom stereocenters. The summed E-state index contributed by atoms with van der Waals surface area (Å²) in [4.78, 5) is 6.32. The van der Waals surface area contributed by atoms with Crippen LogP contribution in [-0.4, -0.2) is 50.6 Å². The zero-order valence-corrected chi connectivity index (χ0v) is 22.2. The molecule has 2 aliphatic rings. The lowest BCUT2D eigenvalue weighted by atomic mass is 9.87. The summed E-state index contributed by atoms with van der Waals surface area (Å²) in [5.74, 6) is 1.52. The number of aliphatic hydroxyl groups excluding tert-OH is 1. The van der Waals surface area contributed by atoms with Crippen LogP contribution in [0.3, 0.4) is 0 Å². The van der Waals surface area contributed by atoms with Crippen molar-refractivity contribution in [3.05, 3.63) is 58.1 Å². The Bertz CT molecular complexity index is 1310. The van der Waals surface area contributed by atoms with Gasteiger partial charge in [0.1, 0.15) is 6.23 Å². The van der Waals surface area contributed by atoms with E-state index in [1.54, 1.807) is 0 Å². The molecule has 7 nitrogen and oxygen atoms in total. The lowest BCUT2D eigenvalue weighted by Gasteiger charge is -2.32. The van der Waals surface area contributed by atoms with Crippen LogP contribution in [0.2, 0.25) is 0 Å². The number of nitrogens with one attached hydrogen (secondary N) is 2. The smallest absolute Gasteiger partial charge is 0.374 e. The molecule has 3 aromatic rings. The van der Waals surface area contributed by atoms with Gasteiger partial charge in [-0.3, -0.25) is 10.2 Å². The first-order valence-corrected chi connectivity index (χ1v) is 13.2. The maximum atomic E-state index is 12.7. The van der Waals surface area contributed by atoms with Gasteiger partial charge in [-0.15, -0.1) is 5.10 Å². The minimum atomic E-state index is -4.15. The summed E-state index contributed by atoms with van der Waals surface area (Å²) in [6.07, 6.45) is -3.36. The number of aromatic nitrogens is 3. The van der Waals surface area contributed by atoms with Gasteiger partial charge in [0.15, 0.2) is 5.82 Å². The first-order valence-electron chi connectivity index (χ1n) is 13.2. The molecule has 10 heteroatoms. The van der Waals surface area contributed by atoms with Crippen molar-refractivity contribution >= 4 is 11.6 Å². The van der Waals surface area contributed by atoms with Crippen LogP contribution in [0.15, 0.2) is 30.3 Å². The number of hydrogen-bond donors (Lipinski definition) is 3. The number of rotatable bonds is 6. The number of anilines is 2. The summed E-state index contributed by atoms with van der Waals surface area (Å²) >= 11 is 0. The lowest BCUT2D eigenvalue weighted by Crippen LogP contribution is -2.39.